The Bertz CT molecular complexity index is 349. The second-order valence-electron chi connectivity index (χ2n) is 2.48. The van der Waals surface area contributed by atoms with E-state index in [1.807, 2.05) is 0 Å². The molecule has 0 atom stereocenters. The lowest BCUT2D eigenvalue weighted by Gasteiger charge is -2.06. The molecule has 0 saturated heterocycles. The van der Waals surface area contributed by atoms with Crippen molar-refractivity contribution in [3.8, 4) is 12.0 Å². The van der Waals surface area contributed by atoms with Gasteiger partial charge in [-0.05, 0) is 6.92 Å². The summed E-state index contributed by atoms with van der Waals surface area (Å²) in [5, 5.41) is 2.31. The number of hydrogen-bond donors (Lipinski definition) is 1. The highest BCUT2D eigenvalue weighted by Gasteiger charge is 2.10. The third-order valence-corrected chi connectivity index (χ3v) is 1.45. The average molecular weight is 228 g/mol. The maximum atomic E-state index is 11.1. The van der Waals surface area contributed by atoms with Gasteiger partial charge in [-0.3, -0.25) is 5.32 Å². The second-order valence-corrected chi connectivity index (χ2v) is 2.48. The summed E-state index contributed by atoms with van der Waals surface area (Å²) >= 11 is 0. The quantitative estimate of drug-likeness (QED) is 0.799. The number of carbonyl (C=O) groups excluding carboxylic acids is 1. The Morgan fingerprint density at radius 3 is 2.19 bits per heavy atom. The number of carbonyl (C=O) groups is 1. The lowest BCUT2D eigenvalue weighted by Crippen LogP contribution is -2.16. The molecule has 0 aliphatic carbocycles. The maximum Gasteiger partial charge on any atom is 0.414 e. The molecule has 8 heteroatoms. The highest BCUT2D eigenvalue weighted by molar-refractivity contribution is 5.82. The van der Waals surface area contributed by atoms with E-state index in [4.69, 9.17) is 9.47 Å². The minimum Gasteiger partial charge on any atom is -0.467 e. The lowest BCUT2D eigenvalue weighted by atomic mass is 10.8. The Morgan fingerprint density at radius 1 is 1.19 bits per heavy atom. The standard InChI is InChI=1S/C8H12N4O4/c1-4-16-8(13)11-5-9-6(14-2)12-7(10-5)15-3/h4H2,1-3H3,(H,9,10,11,12,13). The Balaban J connectivity index is 2.82. The van der Waals surface area contributed by atoms with Crippen LogP contribution in [0.2, 0.25) is 0 Å². The minimum atomic E-state index is -0.655. The van der Waals surface area contributed by atoms with Crippen LogP contribution in [-0.2, 0) is 4.74 Å². The predicted octanol–water partition coefficient (Wildman–Crippen LogP) is 0.457. The number of aromatic nitrogens is 3. The largest absolute Gasteiger partial charge is 0.467 e. The third-order valence-electron chi connectivity index (χ3n) is 1.45. The van der Waals surface area contributed by atoms with E-state index in [0.29, 0.717) is 0 Å². The summed E-state index contributed by atoms with van der Waals surface area (Å²) in [6, 6.07) is 0.0808. The molecular weight excluding hydrogens is 216 g/mol. The van der Waals surface area contributed by atoms with Crippen molar-refractivity contribution >= 4 is 12.0 Å². The Labute approximate surface area is 92.0 Å². The van der Waals surface area contributed by atoms with Gasteiger partial charge in [0.2, 0.25) is 5.95 Å². The van der Waals surface area contributed by atoms with Crippen molar-refractivity contribution in [2.75, 3.05) is 26.1 Å². The first-order valence-corrected chi connectivity index (χ1v) is 4.47. The molecule has 88 valence electrons. The van der Waals surface area contributed by atoms with Crippen LogP contribution in [0.1, 0.15) is 6.92 Å². The predicted molar refractivity (Wildman–Crippen MR) is 53.6 cm³/mol. The van der Waals surface area contributed by atoms with Crippen LogP contribution in [0.5, 0.6) is 12.0 Å². The van der Waals surface area contributed by atoms with Crippen molar-refractivity contribution in [1.29, 1.82) is 0 Å². The third kappa shape index (κ3) is 3.23. The Kier molecular flexibility index (Phi) is 4.25. The molecule has 0 saturated carbocycles. The average Bonchev–Trinajstić information content (AvgIpc) is 2.28. The van der Waals surface area contributed by atoms with Gasteiger partial charge in [0.25, 0.3) is 0 Å². The molecule has 1 rings (SSSR count). The van der Waals surface area contributed by atoms with Crippen LogP contribution >= 0.6 is 0 Å². The summed E-state index contributed by atoms with van der Waals surface area (Å²) in [5.41, 5.74) is 0. The molecule has 1 N–H and O–H groups in total. The number of hydrogen-bond acceptors (Lipinski definition) is 7. The van der Waals surface area contributed by atoms with Crippen molar-refractivity contribution in [3.63, 3.8) is 0 Å². The van der Waals surface area contributed by atoms with Crippen molar-refractivity contribution in [1.82, 2.24) is 15.0 Å². The highest BCUT2D eigenvalue weighted by atomic mass is 16.5. The van der Waals surface area contributed by atoms with Crippen LogP contribution < -0.4 is 14.8 Å². The second kappa shape index (κ2) is 5.69. The van der Waals surface area contributed by atoms with Gasteiger partial charge in [0.05, 0.1) is 20.8 Å². The number of amides is 1. The monoisotopic (exact) mass is 228 g/mol. The zero-order chi connectivity index (χ0) is 12.0. The lowest BCUT2D eigenvalue weighted by molar-refractivity contribution is 0.167. The molecule has 1 aromatic rings. The number of nitrogens with zero attached hydrogens (tertiary/aromatic N) is 3. The van der Waals surface area contributed by atoms with Crippen LogP contribution in [0.4, 0.5) is 10.7 Å². The molecule has 0 aliphatic heterocycles. The van der Waals surface area contributed by atoms with Crippen LogP contribution in [-0.4, -0.2) is 41.9 Å². The van der Waals surface area contributed by atoms with Gasteiger partial charge < -0.3 is 14.2 Å². The van der Waals surface area contributed by atoms with Gasteiger partial charge in [0.15, 0.2) is 0 Å². The van der Waals surface area contributed by atoms with Crippen LogP contribution in [0, 0.1) is 0 Å². The highest BCUT2D eigenvalue weighted by Crippen LogP contribution is 2.11. The van der Waals surface area contributed by atoms with E-state index in [1.165, 1.54) is 14.2 Å². The van der Waals surface area contributed by atoms with Gasteiger partial charge in [-0.15, -0.1) is 4.98 Å². The Hall–Kier alpha value is -2.12. The van der Waals surface area contributed by atoms with Gasteiger partial charge in [-0.25, -0.2) is 4.79 Å². The smallest absolute Gasteiger partial charge is 0.414 e. The van der Waals surface area contributed by atoms with Gasteiger partial charge in [-0.2, -0.15) is 9.97 Å². The number of methoxy groups -OCH3 is 2. The van der Waals surface area contributed by atoms with Crippen LogP contribution in [0.3, 0.4) is 0 Å². The first kappa shape index (κ1) is 12.0. The van der Waals surface area contributed by atoms with E-state index in [9.17, 15) is 4.79 Å². The first-order valence-electron chi connectivity index (χ1n) is 4.47. The zero-order valence-corrected chi connectivity index (χ0v) is 9.18. The van der Waals surface area contributed by atoms with Gasteiger partial charge >= 0.3 is 18.1 Å². The SMILES string of the molecule is CCOC(=O)Nc1nc(OC)nc(OC)n1. The Morgan fingerprint density at radius 2 is 1.75 bits per heavy atom. The van der Waals surface area contributed by atoms with Gasteiger partial charge in [0, 0.05) is 0 Å². The van der Waals surface area contributed by atoms with E-state index < -0.39 is 6.09 Å². The molecule has 0 spiro atoms. The normalized spacial score (nSPS) is 9.44. The molecule has 0 aromatic carbocycles. The summed E-state index contributed by atoms with van der Waals surface area (Å²) in [5.74, 6) is 0.00199. The molecular formula is C8H12N4O4. The molecule has 1 aromatic heterocycles. The maximum absolute atomic E-state index is 11.1. The van der Waals surface area contributed by atoms with E-state index in [-0.39, 0.29) is 24.6 Å². The van der Waals surface area contributed by atoms with Gasteiger partial charge in [0.1, 0.15) is 0 Å². The topological polar surface area (TPSA) is 95.5 Å². The molecule has 0 bridgehead atoms. The summed E-state index contributed by atoms with van der Waals surface area (Å²) in [7, 11) is 2.78. The van der Waals surface area contributed by atoms with E-state index in [1.54, 1.807) is 6.92 Å². The molecule has 1 heterocycles. The van der Waals surface area contributed by atoms with Crippen LogP contribution in [0.25, 0.3) is 0 Å². The van der Waals surface area contributed by atoms with Crippen molar-refractivity contribution in [3.05, 3.63) is 0 Å². The number of nitrogens with one attached hydrogen (secondary N) is 1. The van der Waals surface area contributed by atoms with Crippen molar-refractivity contribution in [2.45, 2.75) is 6.92 Å². The molecule has 0 aliphatic rings. The van der Waals surface area contributed by atoms with E-state index >= 15 is 0 Å². The van der Waals surface area contributed by atoms with E-state index in [2.05, 4.69) is 25.0 Å². The molecule has 8 nitrogen and oxygen atoms in total. The summed E-state index contributed by atoms with van der Waals surface area (Å²) in [6.45, 7) is 1.94. The fraction of sp³-hybridized carbons (Fsp3) is 0.500. The fourth-order valence-electron chi connectivity index (χ4n) is 0.835. The molecule has 1 amide bonds. The minimum absolute atomic E-state index is 0.00199. The summed E-state index contributed by atoms with van der Waals surface area (Å²) in [6.07, 6.45) is -0.655. The summed E-state index contributed by atoms with van der Waals surface area (Å²) in [4.78, 5) is 22.4. The molecule has 0 fully saturated rings. The molecule has 16 heavy (non-hydrogen) atoms. The molecule has 0 radical (unpaired) electrons. The van der Waals surface area contributed by atoms with Gasteiger partial charge in [-0.1, -0.05) is 0 Å². The zero-order valence-electron chi connectivity index (χ0n) is 9.18. The number of anilines is 1. The molecule has 0 unspecified atom stereocenters. The first-order chi connectivity index (χ1) is 7.69. The fourth-order valence-corrected chi connectivity index (χ4v) is 0.835. The van der Waals surface area contributed by atoms with Crippen LogP contribution in [0.15, 0.2) is 0 Å². The number of ether oxygens (including phenoxy) is 3. The van der Waals surface area contributed by atoms with Crippen molar-refractivity contribution in [2.24, 2.45) is 0 Å². The van der Waals surface area contributed by atoms with Crippen molar-refractivity contribution < 1.29 is 19.0 Å². The number of rotatable bonds is 4. The van der Waals surface area contributed by atoms with E-state index in [0.717, 1.165) is 0 Å². The summed E-state index contributed by atoms with van der Waals surface area (Å²) < 4.78 is 14.3.